The van der Waals surface area contributed by atoms with Gasteiger partial charge < -0.3 is 9.88 Å². The SMILES string of the molecule is [2H]C([2H])([2H])n1cc(C(=O)N[C@@H](CC)c2ccc(F)cc2)c2cc(-c3ccn4nc(NC(=O)C5CC5)nc4c3)ccc21. The molecule has 6 rings (SSSR count). The minimum absolute atomic E-state index is 0.0285. The third-order valence-corrected chi connectivity index (χ3v) is 6.89. The summed E-state index contributed by atoms with van der Waals surface area (Å²) >= 11 is 0. The molecule has 5 aromatic rings. The Balaban J connectivity index is 1.35. The number of nitrogens with zero attached hydrogens (tertiary/aromatic N) is 4. The van der Waals surface area contributed by atoms with Gasteiger partial charge in [0.25, 0.3) is 5.91 Å². The number of hydrogen-bond acceptors (Lipinski definition) is 4. The highest BCUT2D eigenvalue weighted by atomic mass is 19.1. The van der Waals surface area contributed by atoms with Crippen molar-refractivity contribution in [1.29, 1.82) is 0 Å². The van der Waals surface area contributed by atoms with Gasteiger partial charge in [0.1, 0.15) is 5.82 Å². The first-order valence-corrected chi connectivity index (χ1v) is 12.5. The lowest BCUT2D eigenvalue weighted by atomic mass is 10.0. The van der Waals surface area contributed by atoms with Crippen molar-refractivity contribution in [3.8, 4) is 11.1 Å². The molecule has 3 aromatic heterocycles. The van der Waals surface area contributed by atoms with Gasteiger partial charge in [-0.1, -0.05) is 25.1 Å². The summed E-state index contributed by atoms with van der Waals surface area (Å²) in [5.74, 6) is -0.626. The van der Waals surface area contributed by atoms with Crippen LogP contribution >= 0.6 is 0 Å². The van der Waals surface area contributed by atoms with Crippen LogP contribution in [0, 0.1) is 11.7 Å². The van der Waals surface area contributed by atoms with Crippen LogP contribution in [0.25, 0.3) is 27.7 Å². The average Bonchev–Trinajstić information content (AvgIpc) is 3.61. The summed E-state index contributed by atoms with van der Waals surface area (Å²) in [6, 6.07) is 14.4. The Morgan fingerprint density at radius 1 is 1.13 bits per heavy atom. The molecule has 2 N–H and O–H groups in total. The van der Waals surface area contributed by atoms with Gasteiger partial charge in [-0.3, -0.25) is 14.9 Å². The van der Waals surface area contributed by atoms with E-state index in [1.165, 1.54) is 18.3 Å². The summed E-state index contributed by atoms with van der Waals surface area (Å²) < 4.78 is 40.2. The molecule has 1 aliphatic carbocycles. The number of carbonyl (C=O) groups is 2. The maximum atomic E-state index is 13.5. The highest BCUT2D eigenvalue weighted by molar-refractivity contribution is 6.08. The lowest BCUT2D eigenvalue weighted by Gasteiger charge is -2.17. The second kappa shape index (κ2) is 9.41. The highest BCUT2D eigenvalue weighted by Crippen LogP contribution is 2.31. The monoisotopic (exact) mass is 513 g/mol. The van der Waals surface area contributed by atoms with Crippen molar-refractivity contribution in [1.82, 2.24) is 24.5 Å². The number of benzene rings is 2. The third-order valence-electron chi connectivity index (χ3n) is 6.89. The van der Waals surface area contributed by atoms with E-state index in [2.05, 4.69) is 20.7 Å². The van der Waals surface area contributed by atoms with Crippen LogP contribution in [-0.4, -0.2) is 31.0 Å². The molecule has 192 valence electrons. The van der Waals surface area contributed by atoms with Crippen LogP contribution in [0.4, 0.5) is 10.3 Å². The Morgan fingerprint density at radius 3 is 2.66 bits per heavy atom. The fourth-order valence-electron chi connectivity index (χ4n) is 4.61. The molecule has 2 aromatic carbocycles. The number of rotatable bonds is 7. The number of amides is 2. The standard InChI is InChI=1S/C29H27FN6O2/c1-3-24(17-6-9-21(30)10-7-17)31-28(38)23-16-35(2)25-11-8-19(14-22(23)25)20-12-13-36-26(15-20)32-29(34-36)33-27(37)18-4-5-18/h6-16,18,24H,3-5H2,1-2H3,(H,31,38)(H,33,34,37)/t24-/m0/s1/i2D3. The number of anilines is 1. The van der Waals surface area contributed by atoms with Gasteiger partial charge in [0.15, 0.2) is 5.65 Å². The number of fused-ring (bicyclic) bond motifs is 2. The third kappa shape index (κ3) is 4.51. The molecule has 0 radical (unpaired) electrons. The van der Waals surface area contributed by atoms with Crippen molar-refractivity contribution in [2.75, 3.05) is 5.32 Å². The predicted molar refractivity (Wildman–Crippen MR) is 143 cm³/mol. The Kier molecular flexibility index (Phi) is 5.08. The molecule has 9 heteroatoms. The van der Waals surface area contributed by atoms with Gasteiger partial charge in [-0.05, 0) is 72.4 Å². The molecule has 0 bridgehead atoms. The quantitative estimate of drug-likeness (QED) is 0.311. The minimum Gasteiger partial charge on any atom is -0.350 e. The molecule has 1 aliphatic rings. The first-order chi connectivity index (χ1) is 19.6. The van der Waals surface area contributed by atoms with Gasteiger partial charge in [0, 0.05) is 40.3 Å². The molecule has 3 heterocycles. The Hall–Kier alpha value is -4.53. The zero-order chi connectivity index (χ0) is 28.9. The van der Waals surface area contributed by atoms with Crippen LogP contribution in [0.5, 0.6) is 0 Å². The summed E-state index contributed by atoms with van der Waals surface area (Å²) in [5.41, 5.74) is 3.40. The largest absolute Gasteiger partial charge is 0.350 e. The van der Waals surface area contributed by atoms with Crippen molar-refractivity contribution in [3.63, 3.8) is 0 Å². The van der Waals surface area contributed by atoms with Gasteiger partial charge in [-0.2, -0.15) is 4.98 Å². The van der Waals surface area contributed by atoms with Crippen LogP contribution in [0.2, 0.25) is 0 Å². The van der Waals surface area contributed by atoms with Gasteiger partial charge >= 0.3 is 0 Å². The topological polar surface area (TPSA) is 93.3 Å². The van der Waals surface area contributed by atoms with E-state index in [1.807, 2.05) is 19.1 Å². The lowest BCUT2D eigenvalue weighted by molar-refractivity contribution is -0.117. The molecule has 1 fully saturated rings. The van der Waals surface area contributed by atoms with E-state index in [0.29, 0.717) is 23.0 Å². The van der Waals surface area contributed by atoms with E-state index < -0.39 is 12.9 Å². The second-order valence-electron chi connectivity index (χ2n) is 9.55. The van der Waals surface area contributed by atoms with Gasteiger partial charge in [-0.25, -0.2) is 8.91 Å². The average molecular weight is 514 g/mol. The molecular weight excluding hydrogens is 483 g/mol. The number of carbonyl (C=O) groups excluding carboxylic acids is 2. The molecule has 1 atom stereocenters. The van der Waals surface area contributed by atoms with Crippen molar-refractivity contribution in [2.24, 2.45) is 12.9 Å². The smallest absolute Gasteiger partial charge is 0.253 e. The van der Waals surface area contributed by atoms with E-state index in [9.17, 15) is 14.0 Å². The first kappa shape index (κ1) is 20.5. The van der Waals surface area contributed by atoms with Crippen molar-refractivity contribution < 1.29 is 18.1 Å². The Bertz CT molecular complexity index is 1790. The molecule has 2 amide bonds. The second-order valence-corrected chi connectivity index (χ2v) is 9.55. The molecule has 8 nitrogen and oxygen atoms in total. The van der Waals surface area contributed by atoms with Gasteiger partial charge in [0.05, 0.1) is 11.6 Å². The van der Waals surface area contributed by atoms with Gasteiger partial charge in [0.2, 0.25) is 11.9 Å². The number of nitrogens with one attached hydrogen (secondary N) is 2. The van der Waals surface area contributed by atoms with Crippen LogP contribution in [0.15, 0.2) is 67.0 Å². The van der Waals surface area contributed by atoms with E-state index in [1.54, 1.807) is 41.0 Å². The molecular formula is C29H27FN6O2. The van der Waals surface area contributed by atoms with E-state index in [4.69, 9.17) is 4.11 Å². The predicted octanol–water partition coefficient (Wildman–Crippen LogP) is 5.26. The fourth-order valence-corrected chi connectivity index (χ4v) is 4.61. The summed E-state index contributed by atoms with van der Waals surface area (Å²) in [7, 11) is 0. The molecule has 1 saturated carbocycles. The number of pyridine rings is 1. The summed E-state index contributed by atoms with van der Waals surface area (Å²) in [5, 5.41) is 10.5. The molecule has 0 aliphatic heterocycles. The zero-order valence-electron chi connectivity index (χ0n) is 23.6. The zero-order valence-corrected chi connectivity index (χ0v) is 20.6. The maximum absolute atomic E-state index is 13.5. The van der Waals surface area contributed by atoms with Crippen LogP contribution in [0.3, 0.4) is 0 Å². The van der Waals surface area contributed by atoms with Crippen LogP contribution in [0.1, 0.15) is 52.3 Å². The van der Waals surface area contributed by atoms with E-state index in [-0.39, 0.29) is 35.2 Å². The maximum Gasteiger partial charge on any atom is 0.253 e. The van der Waals surface area contributed by atoms with Crippen LogP contribution in [-0.2, 0) is 11.8 Å². The van der Waals surface area contributed by atoms with E-state index >= 15 is 0 Å². The molecule has 0 saturated heterocycles. The minimum atomic E-state index is -2.50. The van der Waals surface area contributed by atoms with Gasteiger partial charge in [-0.15, -0.1) is 5.10 Å². The molecule has 0 spiro atoms. The van der Waals surface area contributed by atoms with Crippen molar-refractivity contribution in [2.45, 2.75) is 32.2 Å². The molecule has 0 unspecified atom stereocenters. The van der Waals surface area contributed by atoms with E-state index in [0.717, 1.165) is 34.1 Å². The number of hydrogen-bond donors (Lipinski definition) is 2. The summed E-state index contributed by atoms with van der Waals surface area (Å²) in [6.45, 7) is -0.595. The lowest BCUT2D eigenvalue weighted by Crippen LogP contribution is -2.28. The van der Waals surface area contributed by atoms with Crippen molar-refractivity contribution >= 4 is 34.3 Å². The highest BCUT2D eigenvalue weighted by Gasteiger charge is 2.30. The normalized spacial score (nSPS) is 15.6. The molecule has 38 heavy (non-hydrogen) atoms. The summed E-state index contributed by atoms with van der Waals surface area (Å²) in [6.07, 6.45) is 5.39. The Morgan fingerprint density at radius 2 is 1.92 bits per heavy atom. The first-order valence-electron chi connectivity index (χ1n) is 14.0. The summed E-state index contributed by atoms with van der Waals surface area (Å²) in [4.78, 5) is 30.1. The fraction of sp³-hybridized carbons (Fsp3) is 0.241. The number of halogens is 1. The number of aryl methyl sites for hydroxylation is 1. The van der Waals surface area contributed by atoms with Crippen molar-refractivity contribution in [3.05, 3.63) is 83.9 Å². The Labute approximate surface area is 222 Å². The van der Waals surface area contributed by atoms with Crippen LogP contribution < -0.4 is 10.6 Å². The number of aromatic nitrogens is 4.